The average Bonchev–Trinajstić information content (AvgIpc) is 2.38. The lowest BCUT2D eigenvalue weighted by atomic mass is 10.1. The van der Waals surface area contributed by atoms with Gasteiger partial charge in [0.15, 0.2) is 0 Å². The van der Waals surface area contributed by atoms with Gasteiger partial charge in [0.1, 0.15) is 6.61 Å². The van der Waals surface area contributed by atoms with Crippen molar-refractivity contribution in [1.29, 1.82) is 0 Å². The van der Waals surface area contributed by atoms with Crippen molar-refractivity contribution in [2.45, 2.75) is 6.61 Å². The van der Waals surface area contributed by atoms with E-state index in [4.69, 9.17) is 4.74 Å². The van der Waals surface area contributed by atoms with Gasteiger partial charge in [0.25, 0.3) is 6.47 Å². The van der Waals surface area contributed by atoms with Crippen LogP contribution >= 0.6 is 0 Å². The molecule has 2 aromatic rings. The predicted octanol–water partition coefficient (Wildman–Crippen LogP) is 2.42. The lowest BCUT2D eigenvalue weighted by Crippen LogP contribution is -1.95. The van der Waals surface area contributed by atoms with E-state index in [1.807, 2.05) is 42.5 Å². The monoisotopic (exact) mass is 213 g/mol. The van der Waals surface area contributed by atoms with Crippen molar-refractivity contribution in [2.24, 2.45) is 0 Å². The first kappa shape index (κ1) is 10.4. The number of pyridine rings is 1. The van der Waals surface area contributed by atoms with Gasteiger partial charge in [-0.25, -0.2) is 0 Å². The summed E-state index contributed by atoms with van der Waals surface area (Å²) in [6.07, 6.45) is 1.73. The molecule has 0 unspecified atom stereocenters. The number of carbonyl (C=O) groups is 1. The van der Waals surface area contributed by atoms with E-state index in [1.165, 1.54) is 0 Å². The molecule has 0 radical (unpaired) electrons. The maximum Gasteiger partial charge on any atom is 0.293 e. The molecule has 0 N–H and O–H groups in total. The van der Waals surface area contributed by atoms with Crippen LogP contribution in [0.25, 0.3) is 11.3 Å². The third-order valence-corrected chi connectivity index (χ3v) is 2.25. The lowest BCUT2D eigenvalue weighted by Gasteiger charge is -2.06. The van der Waals surface area contributed by atoms with Gasteiger partial charge in [-0.3, -0.25) is 9.78 Å². The number of carbonyl (C=O) groups excluding carboxylic acids is 1. The fraction of sp³-hybridized carbons (Fsp3) is 0.0769. The molecule has 0 saturated carbocycles. The van der Waals surface area contributed by atoms with Gasteiger partial charge in [0.05, 0.1) is 5.69 Å². The van der Waals surface area contributed by atoms with Crippen LogP contribution in [-0.2, 0) is 16.1 Å². The molecule has 0 fully saturated rings. The van der Waals surface area contributed by atoms with E-state index in [0.717, 1.165) is 16.8 Å². The molecule has 3 nitrogen and oxygen atoms in total. The highest BCUT2D eigenvalue weighted by Crippen LogP contribution is 2.20. The summed E-state index contributed by atoms with van der Waals surface area (Å²) in [7, 11) is 0. The Balaban J connectivity index is 2.36. The van der Waals surface area contributed by atoms with Gasteiger partial charge >= 0.3 is 0 Å². The summed E-state index contributed by atoms with van der Waals surface area (Å²) in [5, 5.41) is 0. The maximum absolute atomic E-state index is 10.2. The molecule has 2 rings (SSSR count). The topological polar surface area (TPSA) is 39.2 Å². The van der Waals surface area contributed by atoms with E-state index in [2.05, 4.69) is 4.98 Å². The van der Waals surface area contributed by atoms with Crippen LogP contribution < -0.4 is 0 Å². The number of benzene rings is 1. The van der Waals surface area contributed by atoms with Crippen LogP contribution in [0.15, 0.2) is 48.7 Å². The van der Waals surface area contributed by atoms with Crippen LogP contribution in [0, 0.1) is 0 Å². The molecule has 0 aliphatic heterocycles. The zero-order valence-corrected chi connectivity index (χ0v) is 8.67. The highest BCUT2D eigenvalue weighted by Gasteiger charge is 2.05. The molecular formula is C13H11NO2. The summed E-state index contributed by atoms with van der Waals surface area (Å²) in [5.41, 5.74) is 2.78. The highest BCUT2D eigenvalue weighted by molar-refractivity contribution is 5.62. The van der Waals surface area contributed by atoms with Crippen LogP contribution in [0.5, 0.6) is 0 Å². The number of ether oxygens (including phenoxy) is 1. The summed E-state index contributed by atoms with van der Waals surface area (Å²) >= 11 is 0. The molecule has 0 aliphatic rings. The molecule has 3 heteroatoms. The Morgan fingerprint density at radius 3 is 2.69 bits per heavy atom. The normalized spacial score (nSPS) is 9.75. The van der Waals surface area contributed by atoms with Gasteiger partial charge in [-0.15, -0.1) is 0 Å². The van der Waals surface area contributed by atoms with Crippen molar-refractivity contribution in [3.63, 3.8) is 0 Å². The van der Waals surface area contributed by atoms with E-state index in [0.29, 0.717) is 6.47 Å². The molecule has 16 heavy (non-hydrogen) atoms. The third-order valence-electron chi connectivity index (χ3n) is 2.25. The first-order chi connectivity index (χ1) is 7.92. The minimum atomic E-state index is 0.252. The van der Waals surface area contributed by atoms with Gasteiger partial charge in [0, 0.05) is 17.3 Å². The summed E-state index contributed by atoms with van der Waals surface area (Å²) in [4.78, 5) is 14.5. The largest absolute Gasteiger partial charge is 0.463 e. The standard InChI is InChI=1S/C13H11NO2/c15-10-16-9-12-7-4-8-14-13(12)11-5-2-1-3-6-11/h1-8,10H,9H2. The summed E-state index contributed by atoms with van der Waals surface area (Å²) < 4.78 is 4.76. The summed E-state index contributed by atoms with van der Waals surface area (Å²) in [5.74, 6) is 0. The van der Waals surface area contributed by atoms with Crippen molar-refractivity contribution >= 4 is 6.47 Å². The summed E-state index contributed by atoms with van der Waals surface area (Å²) in [6, 6.07) is 13.5. The van der Waals surface area contributed by atoms with E-state index < -0.39 is 0 Å². The lowest BCUT2D eigenvalue weighted by molar-refractivity contribution is -0.129. The first-order valence-electron chi connectivity index (χ1n) is 4.96. The van der Waals surface area contributed by atoms with Crippen LogP contribution in [0.1, 0.15) is 5.56 Å². The molecule has 80 valence electrons. The van der Waals surface area contributed by atoms with Crippen molar-refractivity contribution < 1.29 is 9.53 Å². The second-order valence-corrected chi connectivity index (χ2v) is 3.28. The SMILES string of the molecule is O=COCc1cccnc1-c1ccccc1. The zero-order chi connectivity index (χ0) is 11.2. The number of rotatable bonds is 4. The Hall–Kier alpha value is -2.16. The Bertz CT molecular complexity index is 468. The van der Waals surface area contributed by atoms with Crippen LogP contribution in [0.4, 0.5) is 0 Å². The second-order valence-electron chi connectivity index (χ2n) is 3.28. The Morgan fingerprint density at radius 2 is 1.94 bits per heavy atom. The van der Waals surface area contributed by atoms with E-state index in [-0.39, 0.29) is 6.61 Å². The van der Waals surface area contributed by atoms with E-state index >= 15 is 0 Å². The minimum Gasteiger partial charge on any atom is -0.463 e. The van der Waals surface area contributed by atoms with Gasteiger partial charge in [-0.1, -0.05) is 36.4 Å². The molecule has 1 aromatic carbocycles. The summed E-state index contributed by atoms with van der Waals surface area (Å²) in [6.45, 7) is 0.698. The Morgan fingerprint density at radius 1 is 1.12 bits per heavy atom. The second kappa shape index (κ2) is 5.07. The predicted molar refractivity (Wildman–Crippen MR) is 60.5 cm³/mol. The van der Waals surface area contributed by atoms with Crippen molar-refractivity contribution in [1.82, 2.24) is 4.98 Å². The van der Waals surface area contributed by atoms with Crippen molar-refractivity contribution in [3.05, 3.63) is 54.2 Å². The quantitative estimate of drug-likeness (QED) is 0.732. The number of aromatic nitrogens is 1. The van der Waals surface area contributed by atoms with Crippen LogP contribution in [-0.4, -0.2) is 11.5 Å². The van der Waals surface area contributed by atoms with Gasteiger partial charge in [-0.2, -0.15) is 0 Å². The first-order valence-corrected chi connectivity index (χ1v) is 4.96. The number of hydrogen-bond donors (Lipinski definition) is 0. The molecule has 0 atom stereocenters. The smallest absolute Gasteiger partial charge is 0.293 e. The fourth-order valence-electron chi connectivity index (χ4n) is 1.53. The van der Waals surface area contributed by atoms with E-state index in [1.54, 1.807) is 6.20 Å². The Labute approximate surface area is 93.7 Å². The third kappa shape index (κ3) is 2.25. The molecule has 0 saturated heterocycles. The zero-order valence-electron chi connectivity index (χ0n) is 8.67. The van der Waals surface area contributed by atoms with Gasteiger partial charge < -0.3 is 4.74 Å². The average molecular weight is 213 g/mol. The fourth-order valence-corrected chi connectivity index (χ4v) is 1.53. The minimum absolute atomic E-state index is 0.252. The Kier molecular flexibility index (Phi) is 3.28. The molecule has 0 amide bonds. The molecule has 0 bridgehead atoms. The van der Waals surface area contributed by atoms with Crippen molar-refractivity contribution in [2.75, 3.05) is 0 Å². The molecule has 0 aliphatic carbocycles. The molecular weight excluding hydrogens is 202 g/mol. The van der Waals surface area contributed by atoms with Gasteiger partial charge in [-0.05, 0) is 6.07 Å². The molecule has 1 heterocycles. The van der Waals surface area contributed by atoms with Gasteiger partial charge in [0.2, 0.25) is 0 Å². The molecule has 1 aromatic heterocycles. The number of nitrogens with zero attached hydrogens (tertiary/aromatic N) is 1. The van der Waals surface area contributed by atoms with Crippen molar-refractivity contribution in [3.8, 4) is 11.3 Å². The van der Waals surface area contributed by atoms with Crippen LogP contribution in [0.3, 0.4) is 0 Å². The molecule has 0 spiro atoms. The van der Waals surface area contributed by atoms with Crippen LogP contribution in [0.2, 0.25) is 0 Å². The number of hydrogen-bond acceptors (Lipinski definition) is 3. The van der Waals surface area contributed by atoms with E-state index in [9.17, 15) is 4.79 Å². The maximum atomic E-state index is 10.2. The highest BCUT2D eigenvalue weighted by atomic mass is 16.5.